The Balaban J connectivity index is 2.05. The van der Waals surface area contributed by atoms with Crippen molar-refractivity contribution < 1.29 is 8.42 Å². The summed E-state index contributed by atoms with van der Waals surface area (Å²) in [5, 5.41) is 0. The Labute approximate surface area is 124 Å². The van der Waals surface area contributed by atoms with Crippen LogP contribution in [0, 0.1) is 5.92 Å². The maximum absolute atomic E-state index is 12.3. The molecule has 1 aromatic carbocycles. The second kappa shape index (κ2) is 6.37. The molecule has 106 valence electrons. The molecule has 0 aliphatic heterocycles. The zero-order valence-corrected chi connectivity index (χ0v) is 13.5. The second-order valence-electron chi connectivity index (χ2n) is 5.26. The lowest BCUT2D eigenvalue weighted by atomic mass is 9.85. The molecule has 1 aliphatic carbocycles. The quantitative estimate of drug-likeness (QED) is 0.904. The minimum absolute atomic E-state index is 0.00828. The van der Waals surface area contributed by atoms with Gasteiger partial charge >= 0.3 is 0 Å². The van der Waals surface area contributed by atoms with Gasteiger partial charge in [0.15, 0.2) is 0 Å². The highest BCUT2D eigenvalue weighted by Crippen LogP contribution is 2.27. The van der Waals surface area contributed by atoms with Gasteiger partial charge in [-0.1, -0.05) is 35.2 Å². The number of benzene rings is 1. The fourth-order valence-corrected chi connectivity index (χ4v) is 4.23. The van der Waals surface area contributed by atoms with Gasteiger partial charge in [0.25, 0.3) is 0 Å². The first-order valence-electron chi connectivity index (χ1n) is 6.77. The van der Waals surface area contributed by atoms with Gasteiger partial charge in [-0.3, -0.25) is 0 Å². The molecule has 1 N–H and O–H groups in total. The van der Waals surface area contributed by atoms with Gasteiger partial charge in [0.1, 0.15) is 0 Å². The van der Waals surface area contributed by atoms with E-state index < -0.39 is 10.0 Å². The van der Waals surface area contributed by atoms with E-state index in [1.54, 1.807) is 24.3 Å². The van der Waals surface area contributed by atoms with E-state index >= 15 is 0 Å². The van der Waals surface area contributed by atoms with Gasteiger partial charge in [0, 0.05) is 10.5 Å². The molecule has 1 fully saturated rings. The summed E-state index contributed by atoms with van der Waals surface area (Å²) < 4.78 is 28.2. The molecular weight excluding hydrogens is 326 g/mol. The van der Waals surface area contributed by atoms with Crippen LogP contribution in [0.25, 0.3) is 0 Å². The largest absolute Gasteiger partial charge is 0.240 e. The summed E-state index contributed by atoms with van der Waals surface area (Å²) in [5.41, 5.74) is 0. The van der Waals surface area contributed by atoms with Crippen LogP contribution in [0.4, 0.5) is 0 Å². The first-order chi connectivity index (χ1) is 8.99. The summed E-state index contributed by atoms with van der Waals surface area (Å²) in [6.45, 7) is 1.98. The van der Waals surface area contributed by atoms with E-state index in [9.17, 15) is 8.42 Å². The highest BCUT2D eigenvalue weighted by atomic mass is 79.9. The van der Waals surface area contributed by atoms with Crippen LogP contribution >= 0.6 is 15.9 Å². The van der Waals surface area contributed by atoms with E-state index in [2.05, 4.69) is 20.7 Å². The van der Waals surface area contributed by atoms with E-state index in [0.717, 1.165) is 17.3 Å². The molecule has 1 unspecified atom stereocenters. The Morgan fingerprint density at radius 2 is 1.74 bits per heavy atom. The van der Waals surface area contributed by atoms with Gasteiger partial charge in [0.05, 0.1) is 4.90 Å². The molecule has 0 bridgehead atoms. The average Bonchev–Trinajstić information content (AvgIpc) is 2.40. The van der Waals surface area contributed by atoms with E-state index in [1.807, 2.05) is 6.92 Å². The molecule has 2 rings (SSSR count). The standard InChI is InChI=1S/C14H20BrNO2S/c1-11(12-5-3-2-4-6-12)16-19(17,18)14-9-7-13(15)8-10-14/h7-12,16H,2-6H2,1H3. The molecule has 0 saturated heterocycles. The van der Waals surface area contributed by atoms with Gasteiger partial charge in [-0.25, -0.2) is 13.1 Å². The SMILES string of the molecule is CC(NS(=O)(=O)c1ccc(Br)cc1)C1CCCCC1. The molecule has 1 atom stereocenters. The molecule has 0 aromatic heterocycles. The predicted octanol–water partition coefficient (Wildman–Crippen LogP) is 3.70. The van der Waals surface area contributed by atoms with E-state index in [-0.39, 0.29) is 6.04 Å². The lowest BCUT2D eigenvalue weighted by Crippen LogP contribution is -2.38. The molecule has 1 aromatic rings. The molecule has 1 saturated carbocycles. The predicted molar refractivity (Wildman–Crippen MR) is 80.5 cm³/mol. The highest BCUT2D eigenvalue weighted by Gasteiger charge is 2.24. The Morgan fingerprint density at radius 3 is 2.32 bits per heavy atom. The first kappa shape index (κ1) is 15.0. The van der Waals surface area contributed by atoms with Crippen LogP contribution in [0.1, 0.15) is 39.0 Å². The summed E-state index contributed by atoms with van der Waals surface area (Å²) in [4.78, 5) is 0.332. The molecule has 19 heavy (non-hydrogen) atoms. The third kappa shape index (κ3) is 4.04. The Kier molecular flexibility index (Phi) is 5.03. The third-order valence-electron chi connectivity index (χ3n) is 3.82. The second-order valence-corrected chi connectivity index (χ2v) is 7.89. The van der Waals surface area contributed by atoms with Crippen molar-refractivity contribution in [3.8, 4) is 0 Å². The number of sulfonamides is 1. The number of hydrogen-bond donors (Lipinski definition) is 1. The van der Waals surface area contributed by atoms with Gasteiger partial charge in [-0.2, -0.15) is 0 Å². The molecule has 0 heterocycles. The number of hydrogen-bond acceptors (Lipinski definition) is 2. The first-order valence-corrected chi connectivity index (χ1v) is 9.04. The number of nitrogens with one attached hydrogen (secondary N) is 1. The van der Waals surface area contributed by atoms with Crippen LogP contribution in [-0.2, 0) is 10.0 Å². The normalized spacial score (nSPS) is 19.3. The van der Waals surface area contributed by atoms with Crippen LogP contribution in [0.15, 0.2) is 33.6 Å². The highest BCUT2D eigenvalue weighted by molar-refractivity contribution is 9.10. The Hall–Kier alpha value is -0.390. The van der Waals surface area contributed by atoms with Crippen molar-refractivity contribution in [3.63, 3.8) is 0 Å². The lowest BCUT2D eigenvalue weighted by Gasteiger charge is -2.28. The van der Waals surface area contributed by atoms with Crippen LogP contribution in [0.5, 0.6) is 0 Å². The Morgan fingerprint density at radius 1 is 1.16 bits per heavy atom. The topological polar surface area (TPSA) is 46.2 Å². The monoisotopic (exact) mass is 345 g/mol. The van der Waals surface area contributed by atoms with E-state index in [4.69, 9.17) is 0 Å². The maximum atomic E-state index is 12.3. The van der Waals surface area contributed by atoms with E-state index in [0.29, 0.717) is 10.8 Å². The zero-order chi connectivity index (χ0) is 13.9. The van der Waals surface area contributed by atoms with E-state index in [1.165, 1.54) is 19.3 Å². The van der Waals surface area contributed by atoms with Gasteiger partial charge in [0.2, 0.25) is 10.0 Å². The summed E-state index contributed by atoms with van der Waals surface area (Å²) in [7, 11) is -3.40. The van der Waals surface area contributed by atoms with Crippen LogP contribution in [-0.4, -0.2) is 14.5 Å². The van der Waals surface area contributed by atoms with Crippen molar-refractivity contribution in [2.45, 2.75) is 50.0 Å². The van der Waals surface area contributed by atoms with Crippen LogP contribution in [0.2, 0.25) is 0 Å². The van der Waals surface area contributed by atoms with Crippen molar-refractivity contribution >= 4 is 26.0 Å². The molecule has 1 aliphatic rings. The third-order valence-corrected chi connectivity index (χ3v) is 5.93. The summed E-state index contributed by atoms with van der Waals surface area (Å²) in [6, 6.07) is 6.76. The minimum atomic E-state index is -3.40. The molecule has 3 nitrogen and oxygen atoms in total. The summed E-state index contributed by atoms with van der Waals surface area (Å²) >= 11 is 3.31. The van der Waals surface area contributed by atoms with Crippen LogP contribution < -0.4 is 4.72 Å². The summed E-state index contributed by atoms with van der Waals surface area (Å²) in [5.74, 6) is 0.471. The lowest BCUT2D eigenvalue weighted by molar-refractivity contribution is 0.303. The Bertz CT molecular complexity index is 507. The number of rotatable bonds is 4. The molecule has 5 heteroatoms. The smallest absolute Gasteiger partial charge is 0.208 e. The summed E-state index contributed by atoms with van der Waals surface area (Å²) in [6.07, 6.45) is 5.97. The fraction of sp³-hybridized carbons (Fsp3) is 0.571. The molecule has 0 radical (unpaired) electrons. The van der Waals surface area contributed by atoms with Crippen molar-refractivity contribution in [3.05, 3.63) is 28.7 Å². The van der Waals surface area contributed by atoms with Crippen LogP contribution in [0.3, 0.4) is 0 Å². The minimum Gasteiger partial charge on any atom is -0.208 e. The molecular formula is C14H20BrNO2S. The van der Waals surface area contributed by atoms with Crippen molar-refractivity contribution in [1.82, 2.24) is 4.72 Å². The number of halogens is 1. The molecule has 0 spiro atoms. The fourth-order valence-electron chi connectivity index (χ4n) is 2.66. The van der Waals surface area contributed by atoms with Crippen molar-refractivity contribution in [2.24, 2.45) is 5.92 Å². The maximum Gasteiger partial charge on any atom is 0.240 e. The zero-order valence-electron chi connectivity index (χ0n) is 11.1. The molecule has 0 amide bonds. The van der Waals surface area contributed by atoms with Crippen molar-refractivity contribution in [2.75, 3.05) is 0 Å². The van der Waals surface area contributed by atoms with Gasteiger partial charge in [-0.05, 0) is 49.9 Å². The van der Waals surface area contributed by atoms with Gasteiger partial charge < -0.3 is 0 Å². The van der Waals surface area contributed by atoms with Crippen molar-refractivity contribution in [1.29, 1.82) is 0 Å². The van der Waals surface area contributed by atoms with Gasteiger partial charge in [-0.15, -0.1) is 0 Å². The average molecular weight is 346 g/mol.